The Hall–Kier alpha value is -0.120. The first-order chi connectivity index (χ1) is 8.36. The van der Waals surface area contributed by atoms with Crippen molar-refractivity contribution in [3.05, 3.63) is 0 Å². The van der Waals surface area contributed by atoms with Crippen LogP contribution < -0.4 is 5.73 Å². The molecule has 0 aromatic heterocycles. The van der Waals surface area contributed by atoms with Gasteiger partial charge in [-0.2, -0.15) is 0 Å². The normalized spacial score (nSPS) is 30.4. The molecular formula is C14H28N2O. The minimum atomic E-state index is 0.601. The van der Waals surface area contributed by atoms with Gasteiger partial charge < -0.3 is 10.5 Å². The van der Waals surface area contributed by atoms with E-state index in [1.54, 1.807) is 0 Å². The van der Waals surface area contributed by atoms with E-state index >= 15 is 0 Å². The van der Waals surface area contributed by atoms with E-state index in [4.69, 9.17) is 10.5 Å². The summed E-state index contributed by atoms with van der Waals surface area (Å²) in [6.07, 6.45) is 7.82. The highest BCUT2D eigenvalue weighted by molar-refractivity contribution is 4.87. The molecule has 17 heavy (non-hydrogen) atoms. The molecule has 3 heteroatoms. The molecule has 2 atom stereocenters. The fourth-order valence-corrected chi connectivity index (χ4v) is 3.60. The average molecular weight is 240 g/mol. The molecule has 0 aromatic rings. The van der Waals surface area contributed by atoms with Gasteiger partial charge in [0.25, 0.3) is 0 Å². The largest absolute Gasteiger partial charge is 0.381 e. The summed E-state index contributed by atoms with van der Waals surface area (Å²) in [6.45, 7) is 6.27. The summed E-state index contributed by atoms with van der Waals surface area (Å²) in [6, 6.07) is 1.38. The smallest absolute Gasteiger partial charge is 0.0469 e. The molecule has 2 aliphatic heterocycles. The summed E-state index contributed by atoms with van der Waals surface area (Å²) in [7, 11) is 0. The third-order valence-corrected chi connectivity index (χ3v) is 4.62. The zero-order chi connectivity index (χ0) is 12.1. The summed E-state index contributed by atoms with van der Waals surface area (Å²) in [5, 5.41) is 0. The van der Waals surface area contributed by atoms with E-state index in [1.165, 1.54) is 45.1 Å². The second kappa shape index (κ2) is 6.72. The lowest BCUT2D eigenvalue weighted by atomic mass is 9.87. The van der Waals surface area contributed by atoms with E-state index in [1.807, 2.05) is 0 Å². The molecule has 2 heterocycles. The predicted molar refractivity (Wildman–Crippen MR) is 71.0 cm³/mol. The molecule has 2 unspecified atom stereocenters. The number of nitrogens with two attached hydrogens (primary N) is 1. The van der Waals surface area contributed by atoms with Crippen LogP contribution in [0.15, 0.2) is 0 Å². The summed E-state index contributed by atoms with van der Waals surface area (Å²) in [5.41, 5.74) is 6.07. The molecule has 2 fully saturated rings. The van der Waals surface area contributed by atoms with Crippen LogP contribution in [0.3, 0.4) is 0 Å². The Balaban J connectivity index is 1.99. The Morgan fingerprint density at radius 1 is 1.24 bits per heavy atom. The van der Waals surface area contributed by atoms with Gasteiger partial charge in [-0.3, -0.25) is 4.90 Å². The van der Waals surface area contributed by atoms with Gasteiger partial charge in [-0.15, -0.1) is 0 Å². The van der Waals surface area contributed by atoms with Crippen LogP contribution in [-0.2, 0) is 4.74 Å². The standard InChI is InChI=1S/C14H28N2O/c1-2-13-5-3-4-8-16(13)14(11-15)12-6-9-17-10-7-12/h12-14H,2-11,15H2,1H3. The Labute approximate surface area is 106 Å². The van der Waals surface area contributed by atoms with Gasteiger partial charge in [0.05, 0.1) is 0 Å². The number of ether oxygens (including phenoxy) is 1. The van der Waals surface area contributed by atoms with Crippen LogP contribution in [0.5, 0.6) is 0 Å². The molecule has 0 bridgehead atoms. The van der Waals surface area contributed by atoms with E-state index in [9.17, 15) is 0 Å². The van der Waals surface area contributed by atoms with E-state index in [2.05, 4.69) is 11.8 Å². The zero-order valence-corrected chi connectivity index (χ0v) is 11.2. The number of nitrogens with zero attached hydrogens (tertiary/aromatic N) is 1. The van der Waals surface area contributed by atoms with Crippen molar-refractivity contribution in [2.24, 2.45) is 11.7 Å². The first kappa shape index (κ1) is 13.3. The van der Waals surface area contributed by atoms with Gasteiger partial charge >= 0.3 is 0 Å². The van der Waals surface area contributed by atoms with Crippen LogP contribution >= 0.6 is 0 Å². The summed E-state index contributed by atoms with van der Waals surface area (Å²) >= 11 is 0. The quantitative estimate of drug-likeness (QED) is 0.817. The Bertz CT molecular complexity index is 216. The van der Waals surface area contributed by atoms with E-state index in [0.29, 0.717) is 6.04 Å². The van der Waals surface area contributed by atoms with Crippen molar-refractivity contribution in [1.29, 1.82) is 0 Å². The maximum Gasteiger partial charge on any atom is 0.0469 e. The third-order valence-electron chi connectivity index (χ3n) is 4.62. The van der Waals surface area contributed by atoms with E-state index in [0.717, 1.165) is 31.7 Å². The van der Waals surface area contributed by atoms with Gasteiger partial charge in [0.15, 0.2) is 0 Å². The Kier molecular flexibility index (Phi) is 5.26. The molecule has 3 nitrogen and oxygen atoms in total. The van der Waals surface area contributed by atoms with Crippen molar-refractivity contribution in [3.63, 3.8) is 0 Å². The van der Waals surface area contributed by atoms with Crippen LogP contribution in [0.1, 0.15) is 45.4 Å². The Morgan fingerprint density at radius 2 is 2.00 bits per heavy atom. The molecule has 2 aliphatic rings. The maximum absolute atomic E-state index is 6.07. The summed E-state index contributed by atoms with van der Waals surface area (Å²) in [4.78, 5) is 2.72. The third kappa shape index (κ3) is 3.21. The summed E-state index contributed by atoms with van der Waals surface area (Å²) < 4.78 is 5.48. The highest BCUT2D eigenvalue weighted by Crippen LogP contribution is 2.28. The summed E-state index contributed by atoms with van der Waals surface area (Å²) in [5.74, 6) is 0.765. The highest BCUT2D eigenvalue weighted by atomic mass is 16.5. The predicted octanol–water partition coefficient (Wildman–Crippen LogP) is 2.00. The van der Waals surface area contributed by atoms with Gasteiger partial charge in [0.2, 0.25) is 0 Å². The van der Waals surface area contributed by atoms with Crippen molar-refractivity contribution in [1.82, 2.24) is 4.90 Å². The number of rotatable bonds is 4. The second-order valence-corrected chi connectivity index (χ2v) is 5.55. The van der Waals surface area contributed by atoms with Crippen molar-refractivity contribution < 1.29 is 4.74 Å². The molecule has 0 spiro atoms. The van der Waals surface area contributed by atoms with Crippen molar-refractivity contribution in [2.45, 2.75) is 57.5 Å². The number of hydrogen-bond acceptors (Lipinski definition) is 3. The van der Waals surface area contributed by atoms with Crippen LogP contribution in [-0.4, -0.2) is 43.3 Å². The molecule has 0 aromatic carbocycles. The number of likely N-dealkylation sites (tertiary alicyclic amines) is 1. The molecule has 2 rings (SSSR count). The fourth-order valence-electron chi connectivity index (χ4n) is 3.60. The van der Waals surface area contributed by atoms with Gasteiger partial charge in [-0.05, 0) is 44.6 Å². The molecule has 0 amide bonds. The van der Waals surface area contributed by atoms with Gasteiger partial charge in [0.1, 0.15) is 0 Å². The topological polar surface area (TPSA) is 38.5 Å². The maximum atomic E-state index is 6.07. The molecule has 0 aliphatic carbocycles. The molecule has 0 saturated carbocycles. The van der Waals surface area contributed by atoms with Gasteiger partial charge in [0, 0.05) is 31.8 Å². The first-order valence-corrected chi connectivity index (χ1v) is 7.40. The fraction of sp³-hybridized carbons (Fsp3) is 1.00. The lowest BCUT2D eigenvalue weighted by Crippen LogP contribution is -2.53. The van der Waals surface area contributed by atoms with E-state index < -0.39 is 0 Å². The van der Waals surface area contributed by atoms with Crippen LogP contribution in [0, 0.1) is 5.92 Å². The van der Waals surface area contributed by atoms with Crippen LogP contribution in [0.4, 0.5) is 0 Å². The minimum absolute atomic E-state index is 0.601. The molecule has 100 valence electrons. The minimum Gasteiger partial charge on any atom is -0.381 e. The molecular weight excluding hydrogens is 212 g/mol. The molecule has 0 radical (unpaired) electrons. The zero-order valence-electron chi connectivity index (χ0n) is 11.2. The lowest BCUT2D eigenvalue weighted by molar-refractivity contribution is 0.00362. The molecule has 2 saturated heterocycles. The van der Waals surface area contributed by atoms with Crippen LogP contribution in [0.25, 0.3) is 0 Å². The van der Waals surface area contributed by atoms with E-state index in [-0.39, 0.29) is 0 Å². The Morgan fingerprint density at radius 3 is 2.65 bits per heavy atom. The number of piperidine rings is 1. The van der Waals surface area contributed by atoms with Gasteiger partial charge in [-0.25, -0.2) is 0 Å². The van der Waals surface area contributed by atoms with Crippen molar-refractivity contribution >= 4 is 0 Å². The van der Waals surface area contributed by atoms with Crippen molar-refractivity contribution in [3.8, 4) is 0 Å². The van der Waals surface area contributed by atoms with Crippen molar-refractivity contribution in [2.75, 3.05) is 26.3 Å². The monoisotopic (exact) mass is 240 g/mol. The second-order valence-electron chi connectivity index (χ2n) is 5.55. The van der Waals surface area contributed by atoms with Gasteiger partial charge in [-0.1, -0.05) is 13.3 Å². The highest BCUT2D eigenvalue weighted by Gasteiger charge is 2.32. The first-order valence-electron chi connectivity index (χ1n) is 7.40. The molecule has 2 N–H and O–H groups in total. The number of hydrogen-bond donors (Lipinski definition) is 1. The lowest BCUT2D eigenvalue weighted by Gasteiger charge is -2.44. The van der Waals surface area contributed by atoms with Crippen LogP contribution in [0.2, 0.25) is 0 Å². The average Bonchev–Trinajstić information content (AvgIpc) is 2.41. The SMILES string of the molecule is CCC1CCCCN1C(CN)C1CCOCC1.